The van der Waals surface area contributed by atoms with Crippen molar-refractivity contribution < 1.29 is 27.2 Å². The molecule has 0 radical (unpaired) electrons. The van der Waals surface area contributed by atoms with E-state index in [1.807, 2.05) is 31.2 Å². The molecule has 0 bridgehead atoms. The van der Waals surface area contributed by atoms with Crippen LogP contribution in [0.3, 0.4) is 0 Å². The van der Waals surface area contributed by atoms with Gasteiger partial charge in [0.15, 0.2) is 0 Å². The Morgan fingerprint density at radius 3 is 2.26 bits per heavy atom. The second-order valence-electron chi connectivity index (χ2n) is 8.08. The van der Waals surface area contributed by atoms with Gasteiger partial charge in [-0.1, -0.05) is 29.8 Å². The van der Waals surface area contributed by atoms with E-state index in [2.05, 4.69) is 10.2 Å². The molecule has 0 unspecified atom stereocenters. The van der Waals surface area contributed by atoms with Gasteiger partial charge in [-0.25, -0.2) is 0 Å². The molecule has 1 aliphatic heterocycles. The van der Waals surface area contributed by atoms with Gasteiger partial charge in [0.2, 0.25) is 17.7 Å². The molecule has 0 atom stereocenters. The minimum atomic E-state index is -4.61. The van der Waals surface area contributed by atoms with Crippen LogP contribution in [0.4, 0.5) is 13.2 Å². The molecule has 1 aromatic heterocycles. The van der Waals surface area contributed by atoms with Crippen LogP contribution in [-0.4, -0.2) is 58.0 Å². The van der Waals surface area contributed by atoms with Gasteiger partial charge in [-0.05, 0) is 31.2 Å². The first-order chi connectivity index (χ1) is 16.2. The number of aryl methyl sites for hydroxylation is 2. The van der Waals surface area contributed by atoms with E-state index in [9.17, 15) is 22.8 Å². The molecular formula is C24H23F3N4O3. The Bertz CT molecular complexity index is 1170. The first kappa shape index (κ1) is 23.5. The number of halogens is 3. The number of rotatable bonds is 5. The minimum absolute atomic E-state index is 0.141. The predicted molar refractivity (Wildman–Crippen MR) is 117 cm³/mol. The topological polar surface area (TPSA) is 79.5 Å². The van der Waals surface area contributed by atoms with Gasteiger partial charge in [0, 0.05) is 44.6 Å². The summed E-state index contributed by atoms with van der Waals surface area (Å²) in [7, 11) is 0. The normalized spacial score (nSPS) is 14.4. The van der Waals surface area contributed by atoms with Gasteiger partial charge in [-0.15, -0.1) is 10.2 Å². The fraction of sp³-hybridized carbons (Fsp3) is 0.333. The molecule has 7 nitrogen and oxygen atoms in total. The largest absolute Gasteiger partial charge is 0.421 e. The van der Waals surface area contributed by atoms with Gasteiger partial charge in [0.05, 0.1) is 11.1 Å². The number of hydrogen-bond acceptors (Lipinski definition) is 5. The fourth-order valence-electron chi connectivity index (χ4n) is 3.79. The number of carbonyl (C=O) groups is 2. The molecule has 2 aromatic carbocycles. The number of aromatic nitrogens is 2. The van der Waals surface area contributed by atoms with Gasteiger partial charge in [-0.3, -0.25) is 9.59 Å². The zero-order valence-electron chi connectivity index (χ0n) is 18.5. The molecular weight excluding hydrogens is 449 g/mol. The number of carbonyl (C=O) groups excluding carboxylic acids is 2. The van der Waals surface area contributed by atoms with E-state index >= 15 is 0 Å². The summed E-state index contributed by atoms with van der Waals surface area (Å²) in [5.41, 5.74) is 0.572. The van der Waals surface area contributed by atoms with E-state index in [1.165, 1.54) is 23.1 Å². The van der Waals surface area contributed by atoms with Crippen molar-refractivity contribution in [2.45, 2.75) is 25.9 Å². The quantitative estimate of drug-likeness (QED) is 0.561. The van der Waals surface area contributed by atoms with Gasteiger partial charge >= 0.3 is 6.18 Å². The summed E-state index contributed by atoms with van der Waals surface area (Å²) in [5, 5.41) is 8.02. The van der Waals surface area contributed by atoms with Crippen LogP contribution >= 0.6 is 0 Å². The first-order valence-corrected chi connectivity index (χ1v) is 10.8. The van der Waals surface area contributed by atoms with Crippen molar-refractivity contribution in [1.82, 2.24) is 20.0 Å². The Hall–Kier alpha value is -3.69. The van der Waals surface area contributed by atoms with Gasteiger partial charge in [-0.2, -0.15) is 13.2 Å². The lowest BCUT2D eigenvalue weighted by Gasteiger charge is -2.35. The Morgan fingerprint density at radius 1 is 0.941 bits per heavy atom. The average Bonchev–Trinajstić information content (AvgIpc) is 3.31. The standard InChI is InChI=1S/C24H23F3N4O3/c1-16-6-8-17(9-7-16)22-29-28-20(34-22)10-11-21(32)30-12-14-31(15-13-30)23(33)18-4-2-3-5-19(18)24(25,26)27/h2-9H,10-15H2,1H3. The van der Waals surface area contributed by atoms with E-state index in [4.69, 9.17) is 4.42 Å². The molecule has 1 fully saturated rings. The molecule has 1 aliphatic rings. The van der Waals surface area contributed by atoms with Crippen LogP contribution in [0.15, 0.2) is 52.9 Å². The lowest BCUT2D eigenvalue weighted by molar-refractivity contribution is -0.138. The number of nitrogens with zero attached hydrogens (tertiary/aromatic N) is 4. The maximum atomic E-state index is 13.2. The van der Waals surface area contributed by atoms with Crippen molar-refractivity contribution in [3.05, 3.63) is 71.1 Å². The Kier molecular flexibility index (Phi) is 6.67. The van der Waals surface area contributed by atoms with Crippen LogP contribution in [0.1, 0.15) is 33.8 Å². The summed E-state index contributed by atoms with van der Waals surface area (Å²) < 4.78 is 45.4. The van der Waals surface area contributed by atoms with E-state index in [1.54, 1.807) is 4.90 Å². The Labute approximate surface area is 194 Å². The van der Waals surface area contributed by atoms with Crippen molar-refractivity contribution in [2.75, 3.05) is 26.2 Å². The van der Waals surface area contributed by atoms with Crippen molar-refractivity contribution in [2.24, 2.45) is 0 Å². The fourth-order valence-corrected chi connectivity index (χ4v) is 3.79. The van der Waals surface area contributed by atoms with Crippen molar-refractivity contribution in [3.63, 3.8) is 0 Å². The zero-order chi connectivity index (χ0) is 24.3. The van der Waals surface area contributed by atoms with Crippen molar-refractivity contribution in [1.29, 1.82) is 0 Å². The predicted octanol–water partition coefficient (Wildman–Crippen LogP) is 3.98. The Balaban J connectivity index is 1.30. The third-order valence-corrected chi connectivity index (χ3v) is 5.70. The van der Waals surface area contributed by atoms with Crippen LogP contribution in [-0.2, 0) is 17.4 Å². The monoisotopic (exact) mass is 472 g/mol. The van der Waals surface area contributed by atoms with Crippen molar-refractivity contribution >= 4 is 11.8 Å². The second-order valence-corrected chi connectivity index (χ2v) is 8.08. The van der Waals surface area contributed by atoms with Crippen molar-refractivity contribution in [3.8, 4) is 11.5 Å². The number of benzene rings is 2. The molecule has 2 heterocycles. The lowest BCUT2D eigenvalue weighted by Crippen LogP contribution is -2.50. The first-order valence-electron chi connectivity index (χ1n) is 10.8. The summed E-state index contributed by atoms with van der Waals surface area (Å²) >= 11 is 0. The van der Waals surface area contributed by atoms with E-state index in [0.717, 1.165) is 17.2 Å². The average molecular weight is 472 g/mol. The maximum Gasteiger partial charge on any atom is 0.417 e. The van der Waals surface area contributed by atoms with Crippen LogP contribution in [0.5, 0.6) is 0 Å². The highest BCUT2D eigenvalue weighted by molar-refractivity contribution is 5.96. The highest BCUT2D eigenvalue weighted by atomic mass is 19.4. The minimum Gasteiger partial charge on any atom is -0.421 e. The number of piperazine rings is 1. The van der Waals surface area contributed by atoms with E-state index < -0.39 is 17.6 Å². The maximum absolute atomic E-state index is 13.2. The van der Waals surface area contributed by atoms with Gasteiger partial charge < -0.3 is 14.2 Å². The summed E-state index contributed by atoms with van der Waals surface area (Å²) in [6.07, 6.45) is -4.19. The van der Waals surface area contributed by atoms with Crippen LogP contribution in [0.2, 0.25) is 0 Å². The highest BCUT2D eigenvalue weighted by Crippen LogP contribution is 2.32. The molecule has 10 heteroatoms. The molecule has 0 N–H and O–H groups in total. The lowest BCUT2D eigenvalue weighted by atomic mass is 10.1. The molecule has 4 rings (SSSR count). The third kappa shape index (κ3) is 5.27. The Morgan fingerprint density at radius 2 is 1.59 bits per heavy atom. The third-order valence-electron chi connectivity index (χ3n) is 5.70. The number of hydrogen-bond donors (Lipinski definition) is 0. The molecule has 0 spiro atoms. The molecule has 0 saturated carbocycles. The van der Waals surface area contributed by atoms with Crippen LogP contribution in [0, 0.1) is 6.92 Å². The van der Waals surface area contributed by atoms with Gasteiger partial charge in [0.1, 0.15) is 0 Å². The summed E-state index contributed by atoms with van der Waals surface area (Å²) in [4.78, 5) is 28.2. The summed E-state index contributed by atoms with van der Waals surface area (Å²) in [5.74, 6) is -0.0948. The summed E-state index contributed by atoms with van der Waals surface area (Å²) in [6, 6.07) is 12.4. The SMILES string of the molecule is Cc1ccc(-c2nnc(CCC(=O)N3CCN(C(=O)c4ccccc4C(F)(F)F)CC3)o2)cc1. The molecule has 3 aromatic rings. The molecule has 0 aliphatic carbocycles. The van der Waals surface area contributed by atoms with Crippen LogP contribution in [0.25, 0.3) is 11.5 Å². The highest BCUT2D eigenvalue weighted by Gasteiger charge is 2.36. The molecule has 1 saturated heterocycles. The molecule has 178 valence electrons. The molecule has 34 heavy (non-hydrogen) atoms. The summed E-state index contributed by atoms with van der Waals surface area (Å²) in [6.45, 7) is 2.80. The van der Waals surface area contributed by atoms with Crippen LogP contribution < -0.4 is 0 Å². The zero-order valence-corrected chi connectivity index (χ0v) is 18.5. The van der Waals surface area contributed by atoms with E-state index in [-0.39, 0.29) is 50.5 Å². The van der Waals surface area contributed by atoms with Gasteiger partial charge in [0.25, 0.3) is 5.91 Å². The number of amides is 2. The number of alkyl halides is 3. The molecule has 2 amide bonds. The second kappa shape index (κ2) is 9.66. The smallest absolute Gasteiger partial charge is 0.417 e. The van der Waals surface area contributed by atoms with E-state index in [0.29, 0.717) is 11.8 Å².